The van der Waals surface area contributed by atoms with Gasteiger partial charge < -0.3 is 15.4 Å². The van der Waals surface area contributed by atoms with E-state index in [2.05, 4.69) is 20.6 Å². The fraction of sp³-hybridized carbons (Fsp3) is 0.227. The maximum Gasteiger partial charge on any atom is 0.251 e. The molecule has 0 spiro atoms. The molecule has 3 aromatic rings. The smallest absolute Gasteiger partial charge is 0.251 e. The molecule has 0 aliphatic carbocycles. The van der Waals surface area contributed by atoms with Crippen LogP contribution in [0.3, 0.4) is 0 Å². The first-order valence-corrected chi connectivity index (χ1v) is 9.09. The number of amides is 1. The van der Waals surface area contributed by atoms with Crippen LogP contribution in [0.15, 0.2) is 54.6 Å². The van der Waals surface area contributed by atoms with Crippen LogP contribution in [-0.2, 0) is 0 Å². The Kier molecular flexibility index (Phi) is 5.89. The molecule has 6 heteroatoms. The molecule has 144 valence electrons. The molecule has 6 nitrogen and oxygen atoms in total. The average Bonchev–Trinajstić information content (AvgIpc) is 2.67. The number of aryl methyl sites for hydroxylation is 2. The highest BCUT2D eigenvalue weighted by molar-refractivity contribution is 5.95. The molecule has 3 rings (SSSR count). The average molecular weight is 376 g/mol. The summed E-state index contributed by atoms with van der Waals surface area (Å²) in [6.45, 7) is 5.79. The molecule has 0 aliphatic rings. The van der Waals surface area contributed by atoms with E-state index >= 15 is 0 Å². The summed E-state index contributed by atoms with van der Waals surface area (Å²) < 4.78 is 5.17. The Balaban J connectivity index is 1.70. The molecule has 1 unspecified atom stereocenters. The zero-order valence-corrected chi connectivity index (χ0v) is 16.5. The quantitative estimate of drug-likeness (QED) is 0.669. The van der Waals surface area contributed by atoms with Crippen molar-refractivity contribution in [2.45, 2.75) is 26.8 Å². The lowest BCUT2D eigenvalue weighted by atomic mass is 10.1. The fourth-order valence-electron chi connectivity index (χ4n) is 2.91. The summed E-state index contributed by atoms with van der Waals surface area (Å²) >= 11 is 0. The van der Waals surface area contributed by atoms with Gasteiger partial charge >= 0.3 is 0 Å². The largest absolute Gasteiger partial charge is 0.497 e. The Hall–Kier alpha value is -3.41. The van der Waals surface area contributed by atoms with Gasteiger partial charge in [0.05, 0.1) is 13.2 Å². The number of hydrogen-bond acceptors (Lipinski definition) is 5. The first-order valence-electron chi connectivity index (χ1n) is 9.09. The first kappa shape index (κ1) is 19.4. The summed E-state index contributed by atoms with van der Waals surface area (Å²) in [7, 11) is 1.63. The lowest BCUT2D eigenvalue weighted by Crippen LogP contribution is -2.26. The molecule has 1 aromatic heterocycles. The summed E-state index contributed by atoms with van der Waals surface area (Å²) in [6, 6.07) is 16.7. The van der Waals surface area contributed by atoms with Gasteiger partial charge in [0.15, 0.2) is 0 Å². The van der Waals surface area contributed by atoms with Crippen molar-refractivity contribution in [1.82, 2.24) is 15.3 Å². The van der Waals surface area contributed by atoms with Crippen molar-refractivity contribution in [3.63, 3.8) is 0 Å². The van der Waals surface area contributed by atoms with Gasteiger partial charge in [0.2, 0.25) is 5.95 Å². The van der Waals surface area contributed by atoms with E-state index in [1.54, 1.807) is 19.2 Å². The molecule has 1 amide bonds. The Bertz CT molecular complexity index is 950. The van der Waals surface area contributed by atoms with E-state index in [0.29, 0.717) is 11.5 Å². The van der Waals surface area contributed by atoms with Gasteiger partial charge in [0.25, 0.3) is 5.91 Å². The third-order valence-electron chi connectivity index (χ3n) is 4.33. The van der Waals surface area contributed by atoms with Crippen molar-refractivity contribution >= 4 is 17.5 Å². The van der Waals surface area contributed by atoms with Crippen LogP contribution in [0.4, 0.5) is 11.6 Å². The van der Waals surface area contributed by atoms with Gasteiger partial charge in [-0.15, -0.1) is 0 Å². The molecular weight excluding hydrogens is 352 g/mol. The summed E-state index contributed by atoms with van der Waals surface area (Å²) in [5.74, 6) is 1.16. The molecule has 0 aliphatic heterocycles. The summed E-state index contributed by atoms with van der Waals surface area (Å²) in [6.07, 6.45) is 0. The number of methoxy groups -OCH3 is 1. The van der Waals surface area contributed by atoms with Gasteiger partial charge in [-0.1, -0.05) is 18.2 Å². The van der Waals surface area contributed by atoms with E-state index in [9.17, 15) is 4.79 Å². The van der Waals surface area contributed by atoms with Gasteiger partial charge in [0, 0.05) is 22.6 Å². The van der Waals surface area contributed by atoms with E-state index in [-0.39, 0.29) is 11.9 Å². The van der Waals surface area contributed by atoms with Crippen LogP contribution in [0.25, 0.3) is 0 Å². The standard InChI is InChI=1S/C22H24N4O2/c1-14-12-15(2)24-22(23-14)26-19-7-5-6-18(13-19)21(27)25-16(3)17-8-10-20(28-4)11-9-17/h5-13,16H,1-4H3,(H,25,27)(H,23,24,26). The number of benzene rings is 2. The maximum atomic E-state index is 12.7. The van der Waals surface area contributed by atoms with Crippen molar-refractivity contribution in [1.29, 1.82) is 0 Å². The number of hydrogen-bond donors (Lipinski definition) is 2. The van der Waals surface area contributed by atoms with Gasteiger partial charge in [-0.25, -0.2) is 9.97 Å². The summed E-state index contributed by atoms with van der Waals surface area (Å²) in [4.78, 5) is 21.4. The highest BCUT2D eigenvalue weighted by Crippen LogP contribution is 2.19. The normalized spacial score (nSPS) is 11.6. The van der Waals surface area contributed by atoms with Gasteiger partial charge in [0.1, 0.15) is 5.75 Å². The minimum absolute atomic E-state index is 0.127. The molecule has 0 fully saturated rings. The van der Waals surface area contributed by atoms with E-state index in [1.807, 2.05) is 63.2 Å². The zero-order valence-electron chi connectivity index (χ0n) is 16.5. The number of carbonyl (C=O) groups is 1. The molecule has 0 saturated carbocycles. The van der Waals surface area contributed by atoms with Crippen molar-refractivity contribution in [3.05, 3.63) is 77.1 Å². The molecule has 1 atom stereocenters. The highest BCUT2D eigenvalue weighted by Gasteiger charge is 2.12. The van der Waals surface area contributed by atoms with Gasteiger partial charge in [-0.05, 0) is 62.7 Å². The molecule has 2 N–H and O–H groups in total. The number of nitrogens with one attached hydrogen (secondary N) is 2. The van der Waals surface area contributed by atoms with Gasteiger partial charge in [-0.3, -0.25) is 4.79 Å². The molecule has 0 saturated heterocycles. The third-order valence-corrected chi connectivity index (χ3v) is 4.33. The summed E-state index contributed by atoms with van der Waals surface area (Å²) in [5.41, 5.74) is 4.10. The van der Waals surface area contributed by atoms with Crippen LogP contribution in [0.2, 0.25) is 0 Å². The lowest BCUT2D eigenvalue weighted by Gasteiger charge is -2.15. The second-order valence-corrected chi connectivity index (χ2v) is 6.65. The van der Waals surface area contributed by atoms with Crippen LogP contribution >= 0.6 is 0 Å². The SMILES string of the molecule is COc1ccc(C(C)NC(=O)c2cccc(Nc3nc(C)cc(C)n3)c2)cc1. The number of nitrogens with zero attached hydrogens (tertiary/aromatic N) is 2. The molecule has 1 heterocycles. The number of aromatic nitrogens is 2. The lowest BCUT2D eigenvalue weighted by molar-refractivity contribution is 0.0940. The predicted octanol–water partition coefficient (Wildman–Crippen LogP) is 4.34. The molecule has 0 bridgehead atoms. The van der Waals surface area contributed by atoms with Crippen molar-refractivity contribution in [2.75, 3.05) is 12.4 Å². The summed E-state index contributed by atoms with van der Waals surface area (Å²) in [5, 5.41) is 6.18. The molecule has 28 heavy (non-hydrogen) atoms. The van der Waals surface area contributed by atoms with Gasteiger partial charge in [-0.2, -0.15) is 0 Å². The Morgan fingerprint density at radius 3 is 2.32 bits per heavy atom. The Labute approximate surface area is 165 Å². The zero-order chi connectivity index (χ0) is 20.1. The second kappa shape index (κ2) is 8.52. The molecular formula is C22H24N4O2. The maximum absolute atomic E-state index is 12.7. The number of ether oxygens (including phenoxy) is 1. The van der Waals surface area contributed by atoms with E-state index in [0.717, 1.165) is 28.4 Å². The second-order valence-electron chi connectivity index (χ2n) is 6.65. The number of rotatable bonds is 6. The van der Waals surface area contributed by atoms with E-state index in [4.69, 9.17) is 4.74 Å². The Morgan fingerprint density at radius 2 is 1.68 bits per heavy atom. The van der Waals surface area contributed by atoms with Crippen LogP contribution < -0.4 is 15.4 Å². The van der Waals surface area contributed by atoms with Crippen LogP contribution in [0, 0.1) is 13.8 Å². The van der Waals surface area contributed by atoms with Crippen molar-refractivity contribution in [2.24, 2.45) is 0 Å². The monoisotopic (exact) mass is 376 g/mol. The number of carbonyl (C=O) groups excluding carboxylic acids is 1. The highest BCUT2D eigenvalue weighted by atomic mass is 16.5. The van der Waals surface area contributed by atoms with E-state index < -0.39 is 0 Å². The molecule has 0 radical (unpaired) electrons. The van der Waals surface area contributed by atoms with Crippen molar-refractivity contribution in [3.8, 4) is 5.75 Å². The van der Waals surface area contributed by atoms with Crippen LogP contribution in [0.5, 0.6) is 5.75 Å². The van der Waals surface area contributed by atoms with Crippen molar-refractivity contribution < 1.29 is 9.53 Å². The molecule has 2 aromatic carbocycles. The fourth-order valence-corrected chi connectivity index (χ4v) is 2.91. The predicted molar refractivity (Wildman–Crippen MR) is 110 cm³/mol. The first-order chi connectivity index (χ1) is 13.4. The third kappa shape index (κ3) is 4.85. The van der Waals surface area contributed by atoms with E-state index in [1.165, 1.54) is 0 Å². The number of anilines is 2. The minimum Gasteiger partial charge on any atom is -0.497 e. The Morgan fingerprint density at radius 1 is 1.00 bits per heavy atom. The topological polar surface area (TPSA) is 76.1 Å². The van der Waals surface area contributed by atoms with Crippen LogP contribution in [-0.4, -0.2) is 23.0 Å². The minimum atomic E-state index is -0.145. The van der Waals surface area contributed by atoms with Crippen LogP contribution in [0.1, 0.15) is 40.3 Å².